The number of rotatable bonds is 7. The molecule has 1 aliphatic rings. The summed E-state index contributed by atoms with van der Waals surface area (Å²) in [6.45, 7) is -0.358. The molecule has 2 aromatic heterocycles. The second-order valence-corrected chi connectivity index (χ2v) is 8.18. The number of hydrogen-bond acceptors (Lipinski definition) is 7. The first-order chi connectivity index (χ1) is 14.9. The second-order valence-electron chi connectivity index (χ2n) is 6.94. The maximum atomic E-state index is 10.9. The van der Waals surface area contributed by atoms with E-state index in [9.17, 15) is 4.57 Å². The zero-order valence-corrected chi connectivity index (χ0v) is 17.3. The Morgan fingerprint density at radius 3 is 2.71 bits per heavy atom. The summed E-state index contributed by atoms with van der Waals surface area (Å²) in [5, 5.41) is 4.13. The molecule has 0 radical (unpaired) electrons. The first kappa shape index (κ1) is 21.2. The van der Waals surface area contributed by atoms with Gasteiger partial charge in [-0.3, -0.25) is 9.51 Å². The fourth-order valence-corrected chi connectivity index (χ4v) is 3.47. The Morgan fingerprint density at radius 1 is 1.19 bits per heavy atom. The number of benzene rings is 1. The number of aromatic nitrogens is 2. The topological polar surface area (TPSA) is 135 Å². The minimum atomic E-state index is -4.60. The van der Waals surface area contributed by atoms with Gasteiger partial charge >= 0.3 is 7.82 Å². The van der Waals surface area contributed by atoms with Crippen LogP contribution < -0.4 is 5.73 Å². The quantitative estimate of drug-likeness (QED) is 0.474. The summed E-state index contributed by atoms with van der Waals surface area (Å²) in [7, 11) is -4.60. The van der Waals surface area contributed by atoms with Gasteiger partial charge in [-0.25, -0.2) is 4.57 Å². The maximum absolute atomic E-state index is 10.9. The summed E-state index contributed by atoms with van der Waals surface area (Å²) >= 11 is 0. The molecule has 0 spiro atoms. The van der Waals surface area contributed by atoms with Gasteiger partial charge < -0.3 is 24.9 Å². The highest BCUT2D eigenvalue weighted by atomic mass is 31.2. The van der Waals surface area contributed by atoms with E-state index in [1.807, 2.05) is 42.5 Å². The molecule has 4 N–H and O–H groups in total. The highest BCUT2D eigenvalue weighted by Crippen LogP contribution is 2.36. The van der Waals surface area contributed by atoms with Crippen molar-refractivity contribution in [3.8, 4) is 11.3 Å². The number of pyridine rings is 1. The van der Waals surface area contributed by atoms with Crippen molar-refractivity contribution in [3.05, 3.63) is 90.1 Å². The molecular weight excluding hydrogens is 419 g/mol. The third-order valence-corrected chi connectivity index (χ3v) is 5.20. The first-order valence-corrected chi connectivity index (χ1v) is 11.0. The van der Waals surface area contributed by atoms with Gasteiger partial charge in [0.2, 0.25) is 0 Å². The highest BCUT2D eigenvalue weighted by molar-refractivity contribution is 7.46. The van der Waals surface area contributed by atoms with E-state index in [0.717, 1.165) is 22.5 Å². The molecule has 4 rings (SSSR count). The molecule has 0 saturated heterocycles. The van der Waals surface area contributed by atoms with Crippen LogP contribution in [-0.2, 0) is 15.5 Å². The number of allylic oxidation sites excluding steroid dienone is 2. The Hall–Kier alpha value is -3.07. The van der Waals surface area contributed by atoms with E-state index in [2.05, 4.69) is 14.7 Å². The predicted molar refractivity (Wildman–Crippen MR) is 114 cm³/mol. The minimum absolute atomic E-state index is 0.358. The summed E-state index contributed by atoms with van der Waals surface area (Å²) in [5.74, 6) is 0.484. The van der Waals surface area contributed by atoms with Crippen molar-refractivity contribution in [2.75, 3.05) is 6.73 Å². The van der Waals surface area contributed by atoms with E-state index in [-0.39, 0.29) is 6.73 Å². The van der Waals surface area contributed by atoms with Crippen molar-refractivity contribution in [2.45, 2.75) is 12.6 Å². The lowest BCUT2D eigenvalue weighted by molar-refractivity contribution is 0.110. The third-order valence-electron chi connectivity index (χ3n) is 4.75. The van der Waals surface area contributed by atoms with Crippen LogP contribution in [0.3, 0.4) is 0 Å². The maximum Gasteiger partial charge on any atom is 0.471 e. The van der Waals surface area contributed by atoms with Crippen LogP contribution in [0.5, 0.6) is 0 Å². The number of hydrogen-bond donors (Lipinski definition) is 3. The van der Waals surface area contributed by atoms with Crippen LogP contribution in [0.15, 0.2) is 77.6 Å². The van der Waals surface area contributed by atoms with Crippen molar-refractivity contribution < 1.29 is 23.4 Å². The Labute approximate surface area is 178 Å². The molecule has 10 heteroatoms. The summed E-state index contributed by atoms with van der Waals surface area (Å²) in [6.07, 6.45) is 6.69. The summed E-state index contributed by atoms with van der Waals surface area (Å²) in [6, 6.07) is 15.7. The Kier molecular flexibility index (Phi) is 6.13. The standard InChI is InChI=1S/C21H21N4O5P/c22-21-18(4-3-11-25(21)14-29-31(26,27)28)20-13-17(24-30-20)12-15-6-8-16(9-7-15)19-5-1-2-10-23-19/h1-11,13,21H,12,14,22H2,(H2,26,27,28). The fraction of sp³-hybridized carbons (Fsp3) is 0.143. The van der Waals surface area contributed by atoms with Crippen molar-refractivity contribution in [1.82, 2.24) is 15.0 Å². The molecule has 1 unspecified atom stereocenters. The summed E-state index contributed by atoms with van der Waals surface area (Å²) < 4.78 is 20.9. The van der Waals surface area contributed by atoms with E-state index in [0.29, 0.717) is 17.8 Å². The van der Waals surface area contributed by atoms with Gasteiger partial charge in [0.05, 0.1) is 11.4 Å². The Morgan fingerprint density at radius 2 is 2.00 bits per heavy atom. The smallest absolute Gasteiger partial charge is 0.356 e. The second kappa shape index (κ2) is 8.97. The van der Waals surface area contributed by atoms with Crippen molar-refractivity contribution in [3.63, 3.8) is 0 Å². The molecule has 3 aromatic rings. The first-order valence-electron chi connectivity index (χ1n) is 9.45. The fourth-order valence-electron chi connectivity index (χ4n) is 3.19. The molecule has 9 nitrogen and oxygen atoms in total. The van der Waals surface area contributed by atoms with E-state index < -0.39 is 14.0 Å². The molecule has 1 aromatic carbocycles. The highest BCUT2D eigenvalue weighted by Gasteiger charge is 2.25. The third kappa shape index (κ3) is 5.35. The van der Waals surface area contributed by atoms with Crippen LogP contribution in [0.1, 0.15) is 17.0 Å². The molecule has 0 fully saturated rings. The molecule has 31 heavy (non-hydrogen) atoms. The lowest BCUT2D eigenvalue weighted by Crippen LogP contribution is -2.41. The minimum Gasteiger partial charge on any atom is -0.356 e. The zero-order valence-electron chi connectivity index (χ0n) is 16.4. The van der Waals surface area contributed by atoms with Gasteiger partial charge in [0, 0.05) is 36.0 Å². The lowest BCUT2D eigenvalue weighted by atomic mass is 10.0. The van der Waals surface area contributed by atoms with E-state index in [1.165, 1.54) is 4.90 Å². The van der Waals surface area contributed by atoms with Crippen molar-refractivity contribution >= 4 is 13.4 Å². The normalized spacial score (nSPS) is 16.4. The van der Waals surface area contributed by atoms with Crippen LogP contribution in [0.25, 0.3) is 16.8 Å². The van der Waals surface area contributed by atoms with Gasteiger partial charge in [-0.2, -0.15) is 0 Å². The molecular formula is C21H21N4O5P. The van der Waals surface area contributed by atoms with E-state index >= 15 is 0 Å². The van der Waals surface area contributed by atoms with Gasteiger partial charge in [-0.05, 0) is 23.8 Å². The number of nitrogens with two attached hydrogens (primary N) is 1. The molecule has 3 heterocycles. The largest absolute Gasteiger partial charge is 0.471 e. The van der Waals surface area contributed by atoms with Gasteiger partial charge in [0.25, 0.3) is 0 Å². The monoisotopic (exact) mass is 440 g/mol. The molecule has 0 bridgehead atoms. The van der Waals surface area contributed by atoms with Crippen LogP contribution in [-0.4, -0.2) is 37.7 Å². The molecule has 1 aliphatic heterocycles. The van der Waals surface area contributed by atoms with Gasteiger partial charge in [-0.15, -0.1) is 0 Å². The number of nitrogens with zero attached hydrogens (tertiary/aromatic N) is 3. The van der Waals surface area contributed by atoms with Crippen LogP contribution in [0.4, 0.5) is 0 Å². The van der Waals surface area contributed by atoms with Crippen LogP contribution in [0.2, 0.25) is 0 Å². The van der Waals surface area contributed by atoms with Gasteiger partial charge in [0.15, 0.2) is 5.76 Å². The summed E-state index contributed by atoms with van der Waals surface area (Å²) in [5.41, 5.74) is 10.6. The number of phosphoric acid groups is 1. The molecule has 0 amide bonds. The summed E-state index contributed by atoms with van der Waals surface area (Å²) in [4.78, 5) is 23.6. The van der Waals surface area contributed by atoms with Crippen molar-refractivity contribution in [2.24, 2.45) is 5.73 Å². The Balaban J connectivity index is 1.43. The van der Waals surface area contributed by atoms with E-state index in [1.54, 1.807) is 30.6 Å². The average molecular weight is 440 g/mol. The molecule has 0 saturated carbocycles. The molecule has 0 aliphatic carbocycles. The zero-order chi connectivity index (χ0) is 21.8. The van der Waals surface area contributed by atoms with E-state index in [4.69, 9.17) is 20.0 Å². The molecule has 160 valence electrons. The predicted octanol–water partition coefficient (Wildman–Crippen LogP) is 2.89. The lowest BCUT2D eigenvalue weighted by Gasteiger charge is -2.30. The average Bonchev–Trinajstić information content (AvgIpc) is 3.22. The Bertz CT molecular complexity index is 1140. The van der Waals surface area contributed by atoms with Gasteiger partial charge in [0.1, 0.15) is 12.9 Å². The van der Waals surface area contributed by atoms with Crippen LogP contribution in [0, 0.1) is 0 Å². The van der Waals surface area contributed by atoms with Crippen molar-refractivity contribution in [1.29, 1.82) is 0 Å². The van der Waals surface area contributed by atoms with Gasteiger partial charge in [-0.1, -0.05) is 41.6 Å². The molecule has 1 atom stereocenters. The van der Waals surface area contributed by atoms with Crippen LogP contribution >= 0.6 is 7.82 Å². The number of phosphoric ester groups is 1. The SMILES string of the molecule is NC1C(c2cc(Cc3ccc(-c4ccccn4)cc3)no2)=CC=CN1COP(=O)(O)O.